The highest BCUT2D eigenvalue weighted by Crippen LogP contribution is 2.21. The van der Waals surface area contributed by atoms with E-state index in [4.69, 9.17) is 4.74 Å². The van der Waals surface area contributed by atoms with Crippen molar-refractivity contribution < 1.29 is 4.74 Å². The molecule has 0 amide bonds. The van der Waals surface area contributed by atoms with E-state index in [1.807, 2.05) is 0 Å². The van der Waals surface area contributed by atoms with Crippen molar-refractivity contribution in [3.05, 3.63) is 36.0 Å². The number of aromatic nitrogens is 1. The lowest BCUT2D eigenvalue weighted by Crippen LogP contribution is -2.47. The monoisotopic (exact) mass is 272 g/mol. The number of benzene rings is 1. The predicted molar refractivity (Wildman–Crippen MR) is 83.1 cm³/mol. The molecule has 1 aromatic heterocycles. The molecule has 3 rings (SSSR count). The summed E-state index contributed by atoms with van der Waals surface area (Å²) in [7, 11) is 0. The summed E-state index contributed by atoms with van der Waals surface area (Å²) in [5.41, 5.74) is 2.63. The maximum atomic E-state index is 5.97. The van der Waals surface area contributed by atoms with Gasteiger partial charge in [-0.3, -0.25) is 4.90 Å². The number of fused-ring (bicyclic) bond motifs is 1. The van der Waals surface area contributed by atoms with Crippen LogP contribution in [0.2, 0.25) is 0 Å². The zero-order valence-corrected chi connectivity index (χ0v) is 12.7. The third-order valence-corrected chi connectivity index (χ3v) is 4.30. The minimum absolute atomic E-state index is 0.292. The van der Waals surface area contributed by atoms with Crippen LogP contribution in [0.1, 0.15) is 19.5 Å². The Morgan fingerprint density at radius 3 is 2.90 bits per heavy atom. The first-order valence-corrected chi connectivity index (χ1v) is 7.55. The van der Waals surface area contributed by atoms with Crippen LogP contribution in [0.25, 0.3) is 10.9 Å². The first-order valence-electron chi connectivity index (χ1n) is 7.55. The molecule has 2 aromatic rings. The second-order valence-corrected chi connectivity index (χ2v) is 6.04. The molecule has 1 fully saturated rings. The number of aryl methyl sites for hydroxylation is 1. The lowest BCUT2D eigenvalue weighted by Gasteiger charge is -2.36. The van der Waals surface area contributed by atoms with Gasteiger partial charge in [-0.2, -0.15) is 0 Å². The minimum atomic E-state index is 0.292. The lowest BCUT2D eigenvalue weighted by atomic mass is 10.2. The van der Waals surface area contributed by atoms with Crippen molar-refractivity contribution in [2.45, 2.75) is 39.5 Å². The molecule has 0 aliphatic carbocycles. The molecule has 0 N–H and O–H groups in total. The molecule has 1 aliphatic heterocycles. The van der Waals surface area contributed by atoms with Crippen LogP contribution in [0.4, 0.5) is 0 Å². The standard InChI is InChI=1S/C17H24N2O/c1-13(2)18-8-9-20-16(11-18)12-19-14(3)10-15-6-4-5-7-17(15)19/h4-7,10,13,16H,8-9,11-12H2,1-3H3. The Balaban J connectivity index is 1.81. The van der Waals surface area contributed by atoms with E-state index in [1.54, 1.807) is 0 Å². The second kappa shape index (κ2) is 5.58. The van der Waals surface area contributed by atoms with Gasteiger partial charge in [0.15, 0.2) is 0 Å². The summed E-state index contributed by atoms with van der Waals surface area (Å²) in [6.07, 6.45) is 0.292. The normalized spacial score (nSPS) is 20.9. The van der Waals surface area contributed by atoms with E-state index in [-0.39, 0.29) is 0 Å². The molecule has 0 spiro atoms. The molecule has 20 heavy (non-hydrogen) atoms. The quantitative estimate of drug-likeness (QED) is 0.854. The van der Waals surface area contributed by atoms with Gasteiger partial charge >= 0.3 is 0 Å². The number of morpholine rings is 1. The van der Waals surface area contributed by atoms with E-state index in [1.165, 1.54) is 16.6 Å². The average molecular weight is 272 g/mol. The summed E-state index contributed by atoms with van der Waals surface area (Å²) in [5, 5.41) is 1.32. The predicted octanol–water partition coefficient (Wildman–Crippen LogP) is 3.06. The highest BCUT2D eigenvalue weighted by Gasteiger charge is 2.23. The van der Waals surface area contributed by atoms with Crippen molar-refractivity contribution in [2.75, 3.05) is 19.7 Å². The van der Waals surface area contributed by atoms with Crippen LogP contribution < -0.4 is 0 Å². The van der Waals surface area contributed by atoms with Crippen LogP contribution in [0.3, 0.4) is 0 Å². The molecule has 1 unspecified atom stereocenters. The van der Waals surface area contributed by atoms with Gasteiger partial charge in [0.1, 0.15) is 0 Å². The van der Waals surface area contributed by atoms with Gasteiger partial charge in [0.05, 0.1) is 19.3 Å². The van der Waals surface area contributed by atoms with Crippen LogP contribution in [-0.4, -0.2) is 41.3 Å². The Morgan fingerprint density at radius 1 is 1.30 bits per heavy atom. The summed E-state index contributed by atoms with van der Waals surface area (Å²) >= 11 is 0. The number of hydrogen-bond acceptors (Lipinski definition) is 2. The molecule has 1 aromatic carbocycles. The van der Waals surface area contributed by atoms with Gasteiger partial charge in [-0.1, -0.05) is 18.2 Å². The fourth-order valence-electron chi connectivity index (χ4n) is 3.12. The van der Waals surface area contributed by atoms with Crippen molar-refractivity contribution >= 4 is 10.9 Å². The van der Waals surface area contributed by atoms with E-state index >= 15 is 0 Å². The Kier molecular flexibility index (Phi) is 3.81. The van der Waals surface area contributed by atoms with Crippen molar-refractivity contribution in [1.29, 1.82) is 0 Å². The fraction of sp³-hybridized carbons (Fsp3) is 0.529. The molecular formula is C17H24N2O. The molecule has 0 radical (unpaired) electrons. The molecule has 3 heteroatoms. The zero-order chi connectivity index (χ0) is 14.1. The first kappa shape index (κ1) is 13.7. The molecular weight excluding hydrogens is 248 g/mol. The third-order valence-electron chi connectivity index (χ3n) is 4.30. The van der Waals surface area contributed by atoms with Crippen molar-refractivity contribution in [2.24, 2.45) is 0 Å². The Labute approximate surface area is 121 Å². The average Bonchev–Trinajstić information content (AvgIpc) is 2.76. The maximum absolute atomic E-state index is 5.97. The van der Waals surface area contributed by atoms with Gasteiger partial charge < -0.3 is 9.30 Å². The fourth-order valence-corrected chi connectivity index (χ4v) is 3.12. The highest BCUT2D eigenvalue weighted by molar-refractivity contribution is 5.81. The molecule has 1 aliphatic rings. The van der Waals surface area contributed by atoms with Crippen molar-refractivity contribution in [1.82, 2.24) is 9.47 Å². The topological polar surface area (TPSA) is 17.4 Å². The van der Waals surface area contributed by atoms with Gasteiger partial charge in [-0.25, -0.2) is 0 Å². The molecule has 2 heterocycles. The second-order valence-electron chi connectivity index (χ2n) is 6.04. The van der Waals surface area contributed by atoms with E-state index in [2.05, 4.69) is 60.6 Å². The first-order chi connectivity index (χ1) is 9.65. The molecule has 1 saturated heterocycles. The van der Waals surface area contributed by atoms with Crippen molar-refractivity contribution in [3.63, 3.8) is 0 Å². The smallest absolute Gasteiger partial charge is 0.0881 e. The summed E-state index contributed by atoms with van der Waals surface area (Å²) in [5.74, 6) is 0. The number of rotatable bonds is 3. The summed E-state index contributed by atoms with van der Waals surface area (Å²) < 4.78 is 8.37. The molecule has 0 saturated carbocycles. The molecule has 1 atom stereocenters. The van der Waals surface area contributed by atoms with E-state index in [0.717, 1.165) is 26.2 Å². The van der Waals surface area contributed by atoms with Crippen LogP contribution in [0.5, 0.6) is 0 Å². The number of ether oxygens (including phenoxy) is 1. The third kappa shape index (κ3) is 2.60. The number of para-hydroxylation sites is 1. The Hall–Kier alpha value is -1.32. The molecule has 0 bridgehead atoms. The van der Waals surface area contributed by atoms with E-state index in [0.29, 0.717) is 12.1 Å². The Morgan fingerprint density at radius 2 is 2.10 bits per heavy atom. The SMILES string of the molecule is Cc1cc2ccccc2n1CC1CN(C(C)C)CCO1. The van der Waals surface area contributed by atoms with Crippen LogP contribution in [-0.2, 0) is 11.3 Å². The zero-order valence-electron chi connectivity index (χ0n) is 12.7. The summed E-state index contributed by atoms with van der Waals surface area (Å²) in [6.45, 7) is 10.6. The Bertz CT molecular complexity index is 588. The summed E-state index contributed by atoms with van der Waals surface area (Å²) in [4.78, 5) is 2.51. The van der Waals surface area contributed by atoms with Crippen LogP contribution in [0.15, 0.2) is 30.3 Å². The van der Waals surface area contributed by atoms with Crippen LogP contribution >= 0.6 is 0 Å². The highest BCUT2D eigenvalue weighted by atomic mass is 16.5. The van der Waals surface area contributed by atoms with Gasteiger partial charge in [0, 0.05) is 30.3 Å². The molecule has 3 nitrogen and oxygen atoms in total. The molecule has 108 valence electrons. The lowest BCUT2D eigenvalue weighted by molar-refractivity contribution is -0.0452. The van der Waals surface area contributed by atoms with Crippen molar-refractivity contribution in [3.8, 4) is 0 Å². The van der Waals surface area contributed by atoms with E-state index in [9.17, 15) is 0 Å². The largest absolute Gasteiger partial charge is 0.374 e. The number of nitrogens with zero attached hydrogens (tertiary/aromatic N) is 2. The summed E-state index contributed by atoms with van der Waals surface area (Å²) in [6, 6.07) is 11.5. The maximum Gasteiger partial charge on any atom is 0.0881 e. The van der Waals surface area contributed by atoms with Gasteiger partial charge in [-0.05, 0) is 38.3 Å². The van der Waals surface area contributed by atoms with Crippen LogP contribution in [0, 0.1) is 6.92 Å². The van der Waals surface area contributed by atoms with Gasteiger partial charge in [0.2, 0.25) is 0 Å². The van der Waals surface area contributed by atoms with Gasteiger partial charge in [-0.15, -0.1) is 0 Å². The number of hydrogen-bond donors (Lipinski definition) is 0. The van der Waals surface area contributed by atoms with E-state index < -0.39 is 0 Å². The van der Waals surface area contributed by atoms with Gasteiger partial charge in [0.25, 0.3) is 0 Å². The minimum Gasteiger partial charge on any atom is -0.374 e.